The Morgan fingerprint density at radius 2 is 2.11 bits per heavy atom. The number of hydrogen-bond donors (Lipinski definition) is 1. The van der Waals surface area contributed by atoms with Gasteiger partial charge in [0.05, 0.1) is 16.1 Å². The van der Waals surface area contributed by atoms with Gasteiger partial charge in [-0.3, -0.25) is 19.0 Å². The molecule has 0 aliphatic heterocycles. The molecule has 4 aromatic rings. The Labute approximate surface area is 159 Å². The van der Waals surface area contributed by atoms with Crippen molar-refractivity contribution in [2.75, 3.05) is 0 Å². The number of carbonyl (C=O) groups excluding carboxylic acids is 1. The molecule has 7 heteroatoms. The summed E-state index contributed by atoms with van der Waals surface area (Å²) in [5, 5.41) is 4.90. The summed E-state index contributed by atoms with van der Waals surface area (Å²) in [6.07, 6.45) is 3.34. The van der Waals surface area contributed by atoms with Gasteiger partial charge < -0.3 is 5.32 Å². The minimum atomic E-state index is -0.278. The van der Waals surface area contributed by atoms with Crippen molar-refractivity contribution in [2.45, 2.75) is 13.5 Å². The predicted octanol–water partition coefficient (Wildman–Crippen LogP) is 3.06. The average Bonchev–Trinajstić information content (AvgIpc) is 3.21. The number of amides is 1. The highest BCUT2D eigenvalue weighted by Gasteiger charge is 2.13. The molecule has 4 rings (SSSR count). The third-order valence-corrected chi connectivity index (χ3v) is 5.01. The molecule has 0 fully saturated rings. The number of pyridine rings is 2. The Bertz CT molecular complexity index is 1180. The molecule has 0 saturated heterocycles. The van der Waals surface area contributed by atoms with Crippen LogP contribution in [0.2, 0.25) is 0 Å². The number of aryl methyl sites for hydroxylation is 1. The first kappa shape index (κ1) is 17.1. The summed E-state index contributed by atoms with van der Waals surface area (Å²) >= 11 is 1.62. The van der Waals surface area contributed by atoms with E-state index in [-0.39, 0.29) is 11.5 Å². The first-order chi connectivity index (χ1) is 13.1. The fourth-order valence-corrected chi connectivity index (χ4v) is 3.53. The molecule has 0 aromatic carbocycles. The van der Waals surface area contributed by atoms with E-state index in [9.17, 15) is 9.59 Å². The molecular weight excluding hydrogens is 360 g/mol. The summed E-state index contributed by atoms with van der Waals surface area (Å²) in [7, 11) is 0. The van der Waals surface area contributed by atoms with Gasteiger partial charge in [-0.25, -0.2) is 4.98 Å². The van der Waals surface area contributed by atoms with Gasteiger partial charge in [-0.2, -0.15) is 0 Å². The van der Waals surface area contributed by atoms with Crippen molar-refractivity contribution in [2.24, 2.45) is 0 Å². The lowest BCUT2D eigenvalue weighted by molar-refractivity contribution is 0.0952. The van der Waals surface area contributed by atoms with E-state index in [2.05, 4.69) is 15.3 Å². The number of aromatic nitrogens is 3. The topological polar surface area (TPSA) is 76.4 Å². The molecule has 4 aromatic heterocycles. The molecule has 0 aliphatic rings. The number of hydrogen-bond acceptors (Lipinski definition) is 5. The van der Waals surface area contributed by atoms with Gasteiger partial charge in [0.15, 0.2) is 5.65 Å². The molecule has 0 unspecified atom stereocenters. The smallest absolute Gasteiger partial charge is 0.258 e. The Kier molecular flexibility index (Phi) is 4.52. The fraction of sp³-hybridized carbons (Fsp3) is 0.100. The molecule has 0 atom stereocenters. The Hall–Kier alpha value is -3.32. The zero-order valence-electron chi connectivity index (χ0n) is 14.5. The van der Waals surface area contributed by atoms with Gasteiger partial charge in [0.25, 0.3) is 11.5 Å². The van der Waals surface area contributed by atoms with Crippen molar-refractivity contribution in [1.29, 1.82) is 0 Å². The third kappa shape index (κ3) is 3.50. The largest absolute Gasteiger partial charge is 0.348 e. The maximum atomic E-state index is 12.7. The van der Waals surface area contributed by atoms with Crippen molar-refractivity contribution in [3.05, 3.63) is 87.4 Å². The minimum Gasteiger partial charge on any atom is -0.348 e. The Balaban J connectivity index is 1.58. The van der Waals surface area contributed by atoms with E-state index >= 15 is 0 Å². The monoisotopic (exact) mass is 376 g/mol. The van der Waals surface area contributed by atoms with Gasteiger partial charge >= 0.3 is 0 Å². The number of rotatable bonds is 4. The van der Waals surface area contributed by atoms with Crippen LogP contribution in [0, 0.1) is 6.92 Å². The van der Waals surface area contributed by atoms with Crippen molar-refractivity contribution in [3.8, 4) is 10.6 Å². The lowest BCUT2D eigenvalue weighted by Crippen LogP contribution is -2.25. The van der Waals surface area contributed by atoms with Crippen molar-refractivity contribution < 1.29 is 4.79 Å². The van der Waals surface area contributed by atoms with Crippen LogP contribution in [0.5, 0.6) is 0 Å². The molecule has 6 nitrogen and oxygen atoms in total. The van der Waals surface area contributed by atoms with Crippen LogP contribution in [0.3, 0.4) is 0 Å². The first-order valence-electron chi connectivity index (χ1n) is 8.38. The molecule has 0 bridgehead atoms. The van der Waals surface area contributed by atoms with Crippen LogP contribution in [-0.4, -0.2) is 20.3 Å². The van der Waals surface area contributed by atoms with Gasteiger partial charge in [-0.15, -0.1) is 11.3 Å². The highest BCUT2D eigenvalue weighted by atomic mass is 32.1. The second-order valence-electron chi connectivity index (χ2n) is 6.06. The SMILES string of the molecule is Cc1cc(=O)n2cccc(C(=O)NCc3ccnc(-c4cccs4)c3)c2n1. The van der Waals surface area contributed by atoms with Crippen LogP contribution in [0.25, 0.3) is 16.2 Å². The molecule has 0 saturated carbocycles. The van der Waals surface area contributed by atoms with Crippen LogP contribution >= 0.6 is 11.3 Å². The van der Waals surface area contributed by atoms with E-state index in [1.165, 1.54) is 10.5 Å². The summed E-state index contributed by atoms with van der Waals surface area (Å²) in [4.78, 5) is 34.6. The first-order valence-corrected chi connectivity index (χ1v) is 9.26. The van der Waals surface area contributed by atoms with Crippen LogP contribution in [-0.2, 0) is 6.54 Å². The second-order valence-corrected chi connectivity index (χ2v) is 7.01. The van der Waals surface area contributed by atoms with E-state index in [4.69, 9.17) is 0 Å². The normalized spacial score (nSPS) is 10.9. The van der Waals surface area contributed by atoms with Crippen molar-refractivity contribution >= 4 is 22.9 Å². The summed E-state index contributed by atoms with van der Waals surface area (Å²) in [6, 6.07) is 12.6. The lowest BCUT2D eigenvalue weighted by atomic mass is 10.2. The van der Waals surface area contributed by atoms with Crippen LogP contribution < -0.4 is 10.9 Å². The molecular formula is C20H16N4O2S. The summed E-state index contributed by atoms with van der Waals surface area (Å²) in [5.74, 6) is -0.278. The highest BCUT2D eigenvalue weighted by molar-refractivity contribution is 7.13. The molecule has 0 aliphatic carbocycles. The summed E-state index contributed by atoms with van der Waals surface area (Å²) in [5.41, 5.74) is 2.92. The zero-order valence-corrected chi connectivity index (χ0v) is 15.4. The van der Waals surface area contributed by atoms with Crippen LogP contribution in [0.15, 0.2) is 65.0 Å². The molecule has 4 heterocycles. The third-order valence-electron chi connectivity index (χ3n) is 4.11. The van der Waals surface area contributed by atoms with Crippen LogP contribution in [0.4, 0.5) is 0 Å². The molecule has 1 amide bonds. The number of nitrogens with zero attached hydrogens (tertiary/aromatic N) is 3. The minimum absolute atomic E-state index is 0.207. The number of fused-ring (bicyclic) bond motifs is 1. The molecule has 27 heavy (non-hydrogen) atoms. The van der Waals surface area contributed by atoms with Gasteiger partial charge in [-0.1, -0.05) is 6.07 Å². The zero-order chi connectivity index (χ0) is 18.8. The summed E-state index contributed by atoms with van der Waals surface area (Å²) in [6.45, 7) is 2.09. The molecule has 134 valence electrons. The maximum absolute atomic E-state index is 12.7. The highest BCUT2D eigenvalue weighted by Crippen LogP contribution is 2.23. The number of nitrogens with one attached hydrogen (secondary N) is 1. The summed E-state index contributed by atoms with van der Waals surface area (Å²) < 4.78 is 1.38. The Morgan fingerprint density at radius 1 is 1.22 bits per heavy atom. The maximum Gasteiger partial charge on any atom is 0.258 e. The van der Waals surface area contributed by atoms with Gasteiger partial charge in [0, 0.05) is 30.7 Å². The van der Waals surface area contributed by atoms with Gasteiger partial charge in [0.1, 0.15) is 0 Å². The average molecular weight is 376 g/mol. The van der Waals surface area contributed by atoms with Crippen LogP contribution in [0.1, 0.15) is 21.6 Å². The van der Waals surface area contributed by atoms with E-state index < -0.39 is 0 Å². The molecule has 0 spiro atoms. The van der Waals surface area contributed by atoms with Gasteiger partial charge in [-0.05, 0) is 48.2 Å². The standard InChI is InChI=1S/C20H16N4O2S/c1-13-10-18(25)24-8-2-4-15(19(24)23-13)20(26)22-12-14-6-7-21-16(11-14)17-5-3-9-27-17/h2-11H,12H2,1H3,(H,22,26). The van der Waals surface area contributed by atoms with Gasteiger partial charge in [0.2, 0.25) is 0 Å². The second kappa shape index (κ2) is 7.13. The molecule has 0 radical (unpaired) electrons. The fourth-order valence-electron chi connectivity index (χ4n) is 2.84. The van der Waals surface area contributed by atoms with E-state index in [1.807, 2.05) is 29.6 Å². The quantitative estimate of drug-likeness (QED) is 0.594. The number of carbonyl (C=O) groups is 1. The Morgan fingerprint density at radius 3 is 2.93 bits per heavy atom. The van der Waals surface area contributed by atoms with Crippen molar-refractivity contribution in [1.82, 2.24) is 19.7 Å². The number of thiophene rings is 1. The van der Waals surface area contributed by atoms with E-state index in [0.717, 1.165) is 16.1 Å². The molecule has 1 N–H and O–H groups in total. The van der Waals surface area contributed by atoms with E-state index in [0.29, 0.717) is 23.4 Å². The lowest BCUT2D eigenvalue weighted by Gasteiger charge is -2.09. The van der Waals surface area contributed by atoms with Crippen molar-refractivity contribution in [3.63, 3.8) is 0 Å². The van der Waals surface area contributed by atoms with E-state index in [1.54, 1.807) is 42.8 Å². The predicted molar refractivity (Wildman–Crippen MR) is 105 cm³/mol.